The molecule has 1 heterocycles. The molecule has 0 spiro atoms. The number of carboxylic acids is 2. The van der Waals surface area contributed by atoms with Crippen LogP contribution in [0.1, 0.15) is 57.9 Å². The van der Waals surface area contributed by atoms with E-state index in [4.69, 9.17) is 16.6 Å². The molecule has 0 radical (unpaired) electrons. The number of benzene rings is 1. The fourth-order valence-corrected chi connectivity index (χ4v) is 5.06. The SMILES string of the molecule is CC(C)[C@H](NC(=O)[C@@H](N)CCC(=O)O)C(=O)N[C@@H](Cc1ccccc1)C(=O)N[C@@H](CCC(N)=O)C(=O)NCC(=O)N1CCC[C@H]1C(=O)O. The average Bonchev–Trinajstić information content (AvgIpc) is 3.53. The lowest BCUT2D eigenvalue weighted by atomic mass is 10.00. The van der Waals surface area contributed by atoms with Gasteiger partial charge in [-0.2, -0.15) is 0 Å². The molecule has 1 aliphatic heterocycles. The Morgan fingerprint density at radius 2 is 1.50 bits per heavy atom. The molecule has 6 amide bonds. The molecule has 1 saturated heterocycles. The minimum Gasteiger partial charge on any atom is -0.481 e. The second kappa shape index (κ2) is 18.9. The van der Waals surface area contributed by atoms with Crippen molar-refractivity contribution in [2.24, 2.45) is 17.4 Å². The molecule has 0 bridgehead atoms. The van der Waals surface area contributed by atoms with Crippen molar-refractivity contribution >= 4 is 47.4 Å². The Labute approximate surface area is 277 Å². The molecule has 1 aromatic carbocycles. The second-order valence-corrected chi connectivity index (χ2v) is 11.9. The highest BCUT2D eigenvalue weighted by atomic mass is 16.4. The number of nitrogens with zero attached hydrogens (tertiary/aromatic N) is 1. The summed E-state index contributed by atoms with van der Waals surface area (Å²) in [6, 6.07) is 2.58. The van der Waals surface area contributed by atoms with Crippen molar-refractivity contribution in [1.82, 2.24) is 26.2 Å². The van der Waals surface area contributed by atoms with Gasteiger partial charge in [0.2, 0.25) is 35.4 Å². The minimum atomic E-state index is -1.37. The third kappa shape index (κ3) is 12.6. The monoisotopic (exact) mass is 675 g/mol. The largest absolute Gasteiger partial charge is 0.481 e. The quantitative estimate of drug-likeness (QED) is 0.0793. The predicted molar refractivity (Wildman–Crippen MR) is 169 cm³/mol. The summed E-state index contributed by atoms with van der Waals surface area (Å²) in [6.07, 6.45) is -0.339. The van der Waals surface area contributed by atoms with Crippen LogP contribution in [0.2, 0.25) is 0 Å². The summed E-state index contributed by atoms with van der Waals surface area (Å²) in [5.41, 5.74) is 11.7. The normalized spacial score (nSPS) is 16.6. The Balaban J connectivity index is 2.22. The van der Waals surface area contributed by atoms with Gasteiger partial charge in [0.05, 0.1) is 12.6 Å². The van der Waals surface area contributed by atoms with Crippen molar-refractivity contribution in [3.8, 4) is 0 Å². The highest BCUT2D eigenvalue weighted by molar-refractivity contribution is 5.96. The summed E-state index contributed by atoms with van der Waals surface area (Å²) < 4.78 is 0. The Kier molecular flexibility index (Phi) is 15.4. The van der Waals surface area contributed by atoms with E-state index in [9.17, 15) is 43.5 Å². The maximum atomic E-state index is 13.7. The molecule has 264 valence electrons. The van der Waals surface area contributed by atoms with Crippen LogP contribution in [0.5, 0.6) is 0 Å². The summed E-state index contributed by atoms with van der Waals surface area (Å²) in [5.74, 6) is -7.33. The number of likely N-dealkylation sites (tertiary alicyclic amines) is 1. The molecule has 1 aromatic rings. The fourth-order valence-electron chi connectivity index (χ4n) is 5.06. The van der Waals surface area contributed by atoms with Gasteiger partial charge in [0.1, 0.15) is 24.2 Å². The number of carbonyl (C=O) groups is 8. The molecule has 0 aromatic heterocycles. The van der Waals surface area contributed by atoms with E-state index in [0.29, 0.717) is 12.0 Å². The Hall–Kier alpha value is -5.06. The van der Waals surface area contributed by atoms with Crippen LogP contribution in [0.15, 0.2) is 30.3 Å². The number of carbonyl (C=O) groups excluding carboxylic acids is 6. The number of hydrogen-bond donors (Lipinski definition) is 8. The smallest absolute Gasteiger partial charge is 0.326 e. The van der Waals surface area contributed by atoms with E-state index in [1.54, 1.807) is 44.2 Å². The van der Waals surface area contributed by atoms with E-state index in [-0.39, 0.29) is 45.1 Å². The first-order valence-electron chi connectivity index (χ1n) is 15.6. The molecule has 17 heteroatoms. The molecule has 10 N–H and O–H groups in total. The number of nitrogens with one attached hydrogen (secondary N) is 4. The molecule has 5 atom stereocenters. The Morgan fingerprint density at radius 1 is 0.854 bits per heavy atom. The molecule has 1 fully saturated rings. The van der Waals surface area contributed by atoms with Crippen LogP contribution in [0.3, 0.4) is 0 Å². The summed E-state index contributed by atoms with van der Waals surface area (Å²) in [6.45, 7) is 2.94. The number of hydrogen-bond acceptors (Lipinski definition) is 9. The molecule has 0 aliphatic carbocycles. The van der Waals surface area contributed by atoms with Crippen LogP contribution in [-0.4, -0.2) is 106 Å². The first-order valence-corrected chi connectivity index (χ1v) is 15.6. The van der Waals surface area contributed by atoms with Gasteiger partial charge in [-0.15, -0.1) is 0 Å². The van der Waals surface area contributed by atoms with Crippen molar-refractivity contribution in [3.63, 3.8) is 0 Å². The van der Waals surface area contributed by atoms with Crippen molar-refractivity contribution in [2.75, 3.05) is 13.1 Å². The number of primary amides is 1. The highest BCUT2D eigenvalue weighted by Gasteiger charge is 2.35. The number of carboxylic acid groups (broad SMARTS) is 2. The number of rotatable bonds is 19. The molecule has 2 rings (SSSR count). The number of amides is 6. The van der Waals surface area contributed by atoms with Gasteiger partial charge in [0.15, 0.2) is 0 Å². The third-order valence-electron chi connectivity index (χ3n) is 7.75. The highest BCUT2D eigenvalue weighted by Crippen LogP contribution is 2.17. The van der Waals surface area contributed by atoms with E-state index in [1.807, 2.05) is 0 Å². The van der Waals surface area contributed by atoms with Gasteiger partial charge >= 0.3 is 11.9 Å². The van der Waals surface area contributed by atoms with Crippen LogP contribution in [0, 0.1) is 5.92 Å². The number of aliphatic carboxylic acids is 2. The lowest BCUT2D eigenvalue weighted by Gasteiger charge is -2.27. The summed E-state index contributed by atoms with van der Waals surface area (Å²) >= 11 is 0. The van der Waals surface area contributed by atoms with Crippen molar-refractivity contribution in [1.29, 1.82) is 0 Å². The molecule has 17 nitrogen and oxygen atoms in total. The van der Waals surface area contributed by atoms with Gasteiger partial charge in [0.25, 0.3) is 0 Å². The van der Waals surface area contributed by atoms with Gasteiger partial charge < -0.3 is 47.8 Å². The topological polar surface area (TPSA) is 280 Å². The number of nitrogens with two attached hydrogens (primary N) is 2. The Morgan fingerprint density at radius 3 is 2.08 bits per heavy atom. The van der Waals surface area contributed by atoms with Crippen LogP contribution in [0.4, 0.5) is 0 Å². The second-order valence-electron chi connectivity index (χ2n) is 11.9. The van der Waals surface area contributed by atoms with Crippen LogP contribution in [0.25, 0.3) is 0 Å². The molecule has 0 saturated carbocycles. The zero-order valence-electron chi connectivity index (χ0n) is 27.0. The van der Waals surface area contributed by atoms with E-state index < -0.39 is 90.1 Å². The van der Waals surface area contributed by atoms with Gasteiger partial charge in [-0.25, -0.2) is 4.79 Å². The maximum Gasteiger partial charge on any atom is 0.326 e. The summed E-state index contributed by atoms with van der Waals surface area (Å²) in [7, 11) is 0. The summed E-state index contributed by atoms with van der Waals surface area (Å²) in [4.78, 5) is 101. The van der Waals surface area contributed by atoms with E-state index in [0.717, 1.165) is 4.90 Å². The lowest BCUT2D eigenvalue weighted by Crippen LogP contribution is -2.59. The summed E-state index contributed by atoms with van der Waals surface area (Å²) in [5, 5.41) is 28.3. The van der Waals surface area contributed by atoms with Gasteiger partial charge in [-0.1, -0.05) is 44.2 Å². The van der Waals surface area contributed by atoms with Crippen molar-refractivity contribution in [3.05, 3.63) is 35.9 Å². The first-order chi connectivity index (χ1) is 22.6. The van der Waals surface area contributed by atoms with Crippen LogP contribution in [-0.2, 0) is 44.8 Å². The molecule has 1 aliphatic rings. The zero-order valence-corrected chi connectivity index (χ0v) is 27.0. The van der Waals surface area contributed by atoms with Gasteiger partial charge in [-0.3, -0.25) is 33.6 Å². The van der Waals surface area contributed by atoms with Gasteiger partial charge in [0, 0.05) is 25.8 Å². The third-order valence-corrected chi connectivity index (χ3v) is 7.75. The molecule has 0 unspecified atom stereocenters. The van der Waals surface area contributed by atoms with Gasteiger partial charge in [-0.05, 0) is 37.2 Å². The van der Waals surface area contributed by atoms with Crippen LogP contribution >= 0.6 is 0 Å². The maximum absolute atomic E-state index is 13.7. The van der Waals surface area contributed by atoms with E-state index >= 15 is 0 Å². The minimum absolute atomic E-state index is 0.0382. The van der Waals surface area contributed by atoms with Crippen molar-refractivity contribution in [2.45, 2.75) is 89.0 Å². The first kappa shape index (κ1) is 39.1. The van der Waals surface area contributed by atoms with Crippen LogP contribution < -0.4 is 32.7 Å². The standard InChI is InChI=1S/C31H45N7O10/c1-17(2)26(37-27(43)19(32)10-13-25(41)42)30(46)36-21(15-18-7-4-3-5-8-18)29(45)35-20(11-12-23(33)39)28(44)34-16-24(40)38-14-6-9-22(38)31(47)48/h3-5,7-8,17,19-22,26H,6,9-16,32H2,1-2H3,(H2,33,39)(H,34,44)(H,35,45)(H,36,46)(H,37,43)(H,41,42)(H,47,48)/t19-,20-,21-,22-,26-/m0/s1. The van der Waals surface area contributed by atoms with Crippen molar-refractivity contribution < 1.29 is 48.6 Å². The van der Waals surface area contributed by atoms with E-state index in [2.05, 4.69) is 21.3 Å². The Bertz CT molecular complexity index is 1340. The lowest BCUT2D eigenvalue weighted by molar-refractivity contribution is -0.148. The predicted octanol–water partition coefficient (Wildman–Crippen LogP) is -2.01. The molecular weight excluding hydrogens is 630 g/mol. The molecular formula is C31H45N7O10. The average molecular weight is 676 g/mol. The zero-order chi connectivity index (χ0) is 36.0. The fraction of sp³-hybridized carbons (Fsp3) is 0.548. The van der Waals surface area contributed by atoms with E-state index in [1.165, 1.54) is 0 Å². The molecule has 48 heavy (non-hydrogen) atoms.